The van der Waals surface area contributed by atoms with Crippen LogP contribution in [-0.2, 0) is 16.5 Å². The highest BCUT2D eigenvalue weighted by Gasteiger charge is 1.97. The fourth-order valence-corrected chi connectivity index (χ4v) is 1.37. The lowest BCUT2D eigenvalue weighted by atomic mass is 10.2. The molecule has 0 saturated carbocycles. The Morgan fingerprint density at radius 3 is 2.33 bits per heavy atom. The van der Waals surface area contributed by atoms with Crippen molar-refractivity contribution in [2.24, 2.45) is 0 Å². The Morgan fingerprint density at radius 1 is 1.17 bits per heavy atom. The molecule has 1 rings (SSSR count). The summed E-state index contributed by atoms with van der Waals surface area (Å²) in [6.07, 6.45) is 0. The van der Waals surface area contributed by atoms with Crippen molar-refractivity contribution in [2.45, 2.75) is 5.75 Å². The first-order valence-corrected chi connectivity index (χ1v) is 4.71. The van der Waals surface area contributed by atoms with E-state index in [-0.39, 0.29) is 5.75 Å². The van der Waals surface area contributed by atoms with Gasteiger partial charge in [-0.15, -0.1) is 0 Å². The summed E-state index contributed by atoms with van der Waals surface area (Å²) in [7, 11) is -2.40. The van der Waals surface area contributed by atoms with Gasteiger partial charge < -0.3 is 11.5 Å². The standard InChI is InChI=1S/C7H10N2O2S/c8-6-2-1-5(3-7(6)9)4-12(10)11/h1-3,12H,4,8-9H2. The van der Waals surface area contributed by atoms with Crippen LogP contribution in [0, 0.1) is 0 Å². The zero-order valence-corrected chi connectivity index (χ0v) is 7.25. The molecule has 0 bridgehead atoms. The molecule has 5 heteroatoms. The number of hydrogen-bond donors (Lipinski definition) is 3. The number of hydrogen-bond acceptors (Lipinski definition) is 4. The summed E-state index contributed by atoms with van der Waals surface area (Å²) in [5.74, 6) is 0.0137. The van der Waals surface area contributed by atoms with Crippen LogP contribution in [0.15, 0.2) is 18.2 Å². The van der Waals surface area contributed by atoms with Crippen LogP contribution in [0.3, 0.4) is 0 Å². The van der Waals surface area contributed by atoms with Crippen LogP contribution in [0.25, 0.3) is 0 Å². The molecular weight excluding hydrogens is 176 g/mol. The monoisotopic (exact) mass is 186 g/mol. The molecule has 0 aromatic heterocycles. The van der Waals surface area contributed by atoms with Crippen LogP contribution in [0.4, 0.5) is 11.4 Å². The number of nitrogen functional groups attached to an aromatic ring is 2. The molecular formula is C7H10N2O2S. The maximum atomic E-state index is 10.3. The number of nitrogens with two attached hydrogens (primary N) is 2. The summed E-state index contributed by atoms with van der Waals surface area (Å²) >= 11 is 0. The molecule has 1 aromatic carbocycles. The van der Waals surface area contributed by atoms with Gasteiger partial charge in [0.25, 0.3) is 0 Å². The lowest BCUT2D eigenvalue weighted by molar-refractivity contribution is 0.614. The average molecular weight is 186 g/mol. The summed E-state index contributed by atoms with van der Waals surface area (Å²) in [6.45, 7) is 0. The second-order valence-corrected chi connectivity index (χ2v) is 3.44. The van der Waals surface area contributed by atoms with Gasteiger partial charge in [-0.3, -0.25) is 0 Å². The van der Waals surface area contributed by atoms with Crippen LogP contribution in [0.1, 0.15) is 5.56 Å². The lowest BCUT2D eigenvalue weighted by Gasteiger charge is -2.00. The molecule has 0 amide bonds. The quantitative estimate of drug-likeness (QED) is 0.447. The molecule has 12 heavy (non-hydrogen) atoms. The SMILES string of the molecule is Nc1ccc(C[SH](=O)=O)cc1N. The van der Waals surface area contributed by atoms with E-state index in [0.717, 1.165) is 0 Å². The molecule has 66 valence electrons. The summed E-state index contributed by atoms with van der Waals surface area (Å²) in [5.41, 5.74) is 12.5. The van der Waals surface area contributed by atoms with Gasteiger partial charge in [0, 0.05) is 0 Å². The van der Waals surface area contributed by atoms with Gasteiger partial charge in [-0.2, -0.15) is 0 Å². The summed E-state index contributed by atoms with van der Waals surface area (Å²) in [4.78, 5) is 0. The third-order valence-electron chi connectivity index (χ3n) is 1.46. The van der Waals surface area contributed by atoms with Crippen molar-refractivity contribution in [2.75, 3.05) is 11.5 Å². The largest absolute Gasteiger partial charge is 0.397 e. The van der Waals surface area contributed by atoms with E-state index in [4.69, 9.17) is 11.5 Å². The molecule has 0 fully saturated rings. The lowest BCUT2D eigenvalue weighted by Crippen LogP contribution is -1.96. The Balaban J connectivity index is 2.97. The summed E-state index contributed by atoms with van der Waals surface area (Å²) < 4.78 is 20.7. The van der Waals surface area contributed by atoms with E-state index in [1.807, 2.05) is 0 Å². The number of benzene rings is 1. The first kappa shape index (κ1) is 8.86. The minimum absolute atomic E-state index is 0.0137. The Morgan fingerprint density at radius 2 is 1.83 bits per heavy atom. The van der Waals surface area contributed by atoms with Gasteiger partial charge in [0.15, 0.2) is 0 Å². The van der Waals surface area contributed by atoms with E-state index in [0.29, 0.717) is 16.9 Å². The molecule has 4 nitrogen and oxygen atoms in total. The van der Waals surface area contributed by atoms with Crippen molar-refractivity contribution >= 4 is 22.1 Å². The molecule has 0 radical (unpaired) electrons. The number of rotatable bonds is 2. The summed E-state index contributed by atoms with van der Waals surface area (Å²) in [5, 5.41) is 0. The third kappa shape index (κ3) is 2.13. The zero-order chi connectivity index (χ0) is 9.14. The first-order valence-electron chi connectivity index (χ1n) is 3.35. The van der Waals surface area contributed by atoms with E-state index in [1.165, 1.54) is 0 Å². The van der Waals surface area contributed by atoms with Crippen LogP contribution in [0.5, 0.6) is 0 Å². The minimum atomic E-state index is -2.40. The maximum absolute atomic E-state index is 10.3. The Labute approximate surface area is 72.1 Å². The highest BCUT2D eigenvalue weighted by molar-refractivity contribution is 7.71. The number of anilines is 2. The zero-order valence-electron chi connectivity index (χ0n) is 6.36. The van der Waals surface area contributed by atoms with E-state index in [9.17, 15) is 8.42 Å². The maximum Gasteiger partial charge on any atom is 0.144 e. The van der Waals surface area contributed by atoms with Gasteiger partial charge in [-0.1, -0.05) is 6.07 Å². The van der Waals surface area contributed by atoms with E-state index >= 15 is 0 Å². The third-order valence-corrected chi connectivity index (χ3v) is 2.09. The second kappa shape index (κ2) is 3.44. The van der Waals surface area contributed by atoms with Crippen LogP contribution in [-0.4, -0.2) is 8.42 Å². The Bertz CT molecular complexity index is 352. The molecule has 0 spiro atoms. The van der Waals surface area contributed by atoms with Gasteiger partial charge in [0.2, 0.25) is 0 Å². The predicted octanol–water partition coefficient (Wildman–Crippen LogP) is -0.0376. The summed E-state index contributed by atoms with van der Waals surface area (Å²) in [6, 6.07) is 4.82. The molecule has 0 heterocycles. The van der Waals surface area contributed by atoms with Crippen LogP contribution >= 0.6 is 0 Å². The molecule has 0 unspecified atom stereocenters. The van der Waals surface area contributed by atoms with Gasteiger partial charge in [-0.25, -0.2) is 8.42 Å². The van der Waals surface area contributed by atoms with Crippen molar-refractivity contribution < 1.29 is 8.42 Å². The molecule has 0 aliphatic rings. The fourth-order valence-electron chi connectivity index (χ4n) is 0.872. The molecule has 0 aliphatic carbocycles. The first-order chi connectivity index (χ1) is 5.59. The normalized spacial score (nSPS) is 10.4. The Kier molecular flexibility index (Phi) is 2.54. The molecule has 0 atom stereocenters. The minimum Gasteiger partial charge on any atom is -0.397 e. The van der Waals surface area contributed by atoms with E-state index in [2.05, 4.69) is 0 Å². The fraction of sp³-hybridized carbons (Fsp3) is 0.143. The van der Waals surface area contributed by atoms with Gasteiger partial charge >= 0.3 is 0 Å². The topological polar surface area (TPSA) is 86.2 Å². The number of thiol groups is 1. The van der Waals surface area contributed by atoms with Gasteiger partial charge in [-0.05, 0) is 17.7 Å². The molecule has 0 saturated heterocycles. The Hall–Kier alpha value is -1.23. The highest BCUT2D eigenvalue weighted by atomic mass is 32.2. The van der Waals surface area contributed by atoms with E-state index in [1.54, 1.807) is 18.2 Å². The van der Waals surface area contributed by atoms with Crippen molar-refractivity contribution in [1.82, 2.24) is 0 Å². The van der Waals surface area contributed by atoms with Gasteiger partial charge in [0.1, 0.15) is 10.7 Å². The molecule has 1 aromatic rings. The van der Waals surface area contributed by atoms with Crippen molar-refractivity contribution in [3.8, 4) is 0 Å². The average Bonchev–Trinajstić information content (AvgIpc) is 1.96. The van der Waals surface area contributed by atoms with Crippen molar-refractivity contribution in [3.05, 3.63) is 23.8 Å². The van der Waals surface area contributed by atoms with Crippen molar-refractivity contribution in [1.29, 1.82) is 0 Å². The second-order valence-electron chi connectivity index (χ2n) is 2.45. The van der Waals surface area contributed by atoms with Crippen LogP contribution in [0.2, 0.25) is 0 Å². The van der Waals surface area contributed by atoms with Crippen molar-refractivity contribution in [3.63, 3.8) is 0 Å². The smallest absolute Gasteiger partial charge is 0.144 e. The van der Waals surface area contributed by atoms with Gasteiger partial charge in [0.05, 0.1) is 17.1 Å². The molecule has 0 aliphatic heterocycles. The highest BCUT2D eigenvalue weighted by Crippen LogP contribution is 2.16. The van der Waals surface area contributed by atoms with E-state index < -0.39 is 10.7 Å². The molecule has 4 N–H and O–H groups in total. The van der Waals surface area contributed by atoms with Crippen LogP contribution < -0.4 is 11.5 Å². The predicted molar refractivity (Wildman–Crippen MR) is 49.3 cm³/mol.